The van der Waals surface area contributed by atoms with Crippen LogP contribution in [0.3, 0.4) is 0 Å². The third kappa shape index (κ3) is 4.48. The zero-order valence-electron chi connectivity index (χ0n) is 12.9. The molecule has 0 saturated heterocycles. The summed E-state index contributed by atoms with van der Waals surface area (Å²) in [6.07, 6.45) is 5.29. The highest BCUT2D eigenvalue weighted by molar-refractivity contribution is 5.94. The largest absolute Gasteiger partial charge is 0.497 e. The molecule has 0 aliphatic heterocycles. The van der Waals surface area contributed by atoms with Gasteiger partial charge >= 0.3 is 0 Å². The highest BCUT2D eigenvalue weighted by Gasteiger charge is 2.06. The summed E-state index contributed by atoms with van der Waals surface area (Å²) in [5, 5.41) is 6.10. The van der Waals surface area contributed by atoms with Crippen LogP contribution in [0.2, 0.25) is 0 Å². The Morgan fingerprint density at radius 1 is 1.18 bits per heavy atom. The van der Waals surface area contributed by atoms with E-state index in [4.69, 9.17) is 4.74 Å². The number of carbonyl (C=O) groups excluding carboxylic acids is 1. The average Bonchev–Trinajstić information content (AvgIpc) is 2.56. The quantitative estimate of drug-likeness (QED) is 0.769. The Balaban J connectivity index is 2.02. The number of methoxy groups -OCH3 is 1. The number of anilines is 2. The van der Waals surface area contributed by atoms with Gasteiger partial charge in [-0.2, -0.15) is 0 Å². The standard InChI is InChI=1S/C17H21N3O2/c1-3-4-9-19-17(21)13-10-15(12-18-11-13)20-14-5-7-16(22-2)8-6-14/h5-8,10-12,20H,3-4,9H2,1-2H3,(H,19,21). The summed E-state index contributed by atoms with van der Waals surface area (Å²) >= 11 is 0. The van der Waals surface area contributed by atoms with Crippen LogP contribution in [-0.4, -0.2) is 24.5 Å². The van der Waals surface area contributed by atoms with E-state index in [1.165, 1.54) is 0 Å². The van der Waals surface area contributed by atoms with Gasteiger partial charge in [0.05, 0.1) is 24.6 Å². The molecule has 0 atom stereocenters. The van der Waals surface area contributed by atoms with Gasteiger partial charge in [0, 0.05) is 18.4 Å². The number of amides is 1. The van der Waals surface area contributed by atoms with E-state index in [0.717, 1.165) is 30.0 Å². The molecule has 2 rings (SSSR count). The lowest BCUT2D eigenvalue weighted by Crippen LogP contribution is -2.24. The van der Waals surface area contributed by atoms with Crippen LogP contribution in [0, 0.1) is 0 Å². The number of aromatic nitrogens is 1. The van der Waals surface area contributed by atoms with Crippen molar-refractivity contribution in [3.05, 3.63) is 48.3 Å². The molecule has 0 radical (unpaired) electrons. The van der Waals surface area contributed by atoms with Crippen molar-refractivity contribution < 1.29 is 9.53 Å². The molecule has 0 aliphatic rings. The third-order valence-electron chi connectivity index (χ3n) is 3.20. The van der Waals surface area contributed by atoms with Crippen molar-refractivity contribution in [2.45, 2.75) is 19.8 Å². The van der Waals surface area contributed by atoms with Crippen LogP contribution in [-0.2, 0) is 0 Å². The van der Waals surface area contributed by atoms with Gasteiger partial charge in [0.15, 0.2) is 0 Å². The normalized spacial score (nSPS) is 10.1. The van der Waals surface area contributed by atoms with E-state index in [1.807, 2.05) is 24.3 Å². The first kappa shape index (κ1) is 15.8. The van der Waals surface area contributed by atoms with Gasteiger partial charge in [-0.25, -0.2) is 0 Å². The highest BCUT2D eigenvalue weighted by atomic mass is 16.5. The first-order chi connectivity index (χ1) is 10.7. The number of nitrogens with one attached hydrogen (secondary N) is 2. The molecule has 1 aromatic carbocycles. The van der Waals surface area contributed by atoms with E-state index in [1.54, 1.807) is 25.6 Å². The Kier molecular flexibility index (Phi) is 5.77. The molecular weight excluding hydrogens is 278 g/mol. The molecule has 116 valence electrons. The van der Waals surface area contributed by atoms with Crippen molar-refractivity contribution in [3.8, 4) is 5.75 Å². The Labute approximate surface area is 130 Å². The van der Waals surface area contributed by atoms with Crippen molar-refractivity contribution in [1.82, 2.24) is 10.3 Å². The molecule has 5 nitrogen and oxygen atoms in total. The second-order valence-corrected chi connectivity index (χ2v) is 4.93. The van der Waals surface area contributed by atoms with Gasteiger partial charge in [0.25, 0.3) is 5.91 Å². The molecule has 0 unspecified atom stereocenters. The minimum atomic E-state index is -0.0978. The first-order valence-corrected chi connectivity index (χ1v) is 7.37. The highest BCUT2D eigenvalue weighted by Crippen LogP contribution is 2.19. The molecular formula is C17H21N3O2. The maximum atomic E-state index is 12.0. The molecule has 0 saturated carbocycles. The van der Waals surface area contributed by atoms with Gasteiger partial charge in [-0.3, -0.25) is 9.78 Å². The maximum Gasteiger partial charge on any atom is 0.252 e. The van der Waals surface area contributed by atoms with Crippen LogP contribution in [0.15, 0.2) is 42.7 Å². The number of hydrogen-bond donors (Lipinski definition) is 2. The number of rotatable bonds is 7. The number of ether oxygens (including phenoxy) is 1. The summed E-state index contributed by atoms with van der Waals surface area (Å²) in [6, 6.07) is 9.35. The monoisotopic (exact) mass is 299 g/mol. The fourth-order valence-corrected chi connectivity index (χ4v) is 1.95. The lowest BCUT2D eigenvalue weighted by Gasteiger charge is -2.09. The van der Waals surface area contributed by atoms with Crippen LogP contribution >= 0.6 is 0 Å². The Morgan fingerprint density at radius 2 is 1.95 bits per heavy atom. The van der Waals surface area contributed by atoms with Crippen LogP contribution in [0.25, 0.3) is 0 Å². The van der Waals surface area contributed by atoms with E-state index < -0.39 is 0 Å². The van der Waals surface area contributed by atoms with Crippen LogP contribution in [0.1, 0.15) is 30.1 Å². The predicted octanol–water partition coefficient (Wildman–Crippen LogP) is 3.36. The van der Waals surface area contributed by atoms with E-state index in [-0.39, 0.29) is 5.91 Å². The van der Waals surface area contributed by atoms with Gasteiger partial charge in [-0.15, -0.1) is 0 Å². The number of benzene rings is 1. The number of hydrogen-bond acceptors (Lipinski definition) is 4. The molecule has 0 fully saturated rings. The lowest BCUT2D eigenvalue weighted by atomic mass is 10.2. The molecule has 0 bridgehead atoms. The molecule has 0 aliphatic carbocycles. The second kappa shape index (κ2) is 8.02. The first-order valence-electron chi connectivity index (χ1n) is 7.37. The van der Waals surface area contributed by atoms with Gasteiger partial charge < -0.3 is 15.4 Å². The molecule has 5 heteroatoms. The molecule has 2 N–H and O–H groups in total. The zero-order chi connectivity index (χ0) is 15.8. The molecule has 22 heavy (non-hydrogen) atoms. The van der Waals surface area contributed by atoms with Gasteiger partial charge in [-0.1, -0.05) is 13.3 Å². The van der Waals surface area contributed by atoms with Crippen molar-refractivity contribution >= 4 is 17.3 Å². The summed E-state index contributed by atoms with van der Waals surface area (Å²) in [5.41, 5.74) is 2.23. The van der Waals surface area contributed by atoms with Gasteiger partial charge in [-0.05, 0) is 36.8 Å². The number of unbranched alkanes of at least 4 members (excludes halogenated alkanes) is 1. The van der Waals surface area contributed by atoms with Crippen molar-refractivity contribution in [1.29, 1.82) is 0 Å². The second-order valence-electron chi connectivity index (χ2n) is 4.93. The fraction of sp³-hybridized carbons (Fsp3) is 0.294. The fourth-order valence-electron chi connectivity index (χ4n) is 1.95. The summed E-state index contributed by atoms with van der Waals surface area (Å²) in [5.74, 6) is 0.701. The Morgan fingerprint density at radius 3 is 2.64 bits per heavy atom. The van der Waals surface area contributed by atoms with Crippen LogP contribution in [0.5, 0.6) is 5.75 Å². The Bertz CT molecular complexity index is 612. The summed E-state index contributed by atoms with van der Waals surface area (Å²) < 4.78 is 5.12. The van der Waals surface area contributed by atoms with Crippen LogP contribution in [0.4, 0.5) is 11.4 Å². The van der Waals surface area contributed by atoms with Crippen molar-refractivity contribution in [2.24, 2.45) is 0 Å². The summed E-state index contributed by atoms with van der Waals surface area (Å²) in [7, 11) is 1.63. The van der Waals surface area contributed by atoms with E-state index in [9.17, 15) is 4.79 Å². The number of nitrogens with zero attached hydrogens (tertiary/aromatic N) is 1. The topological polar surface area (TPSA) is 63.2 Å². The van der Waals surface area contributed by atoms with Crippen molar-refractivity contribution in [2.75, 3.05) is 19.0 Å². The van der Waals surface area contributed by atoms with Gasteiger partial charge in [0.1, 0.15) is 5.75 Å². The zero-order valence-corrected chi connectivity index (χ0v) is 12.9. The summed E-state index contributed by atoms with van der Waals surface area (Å²) in [6.45, 7) is 2.78. The summed E-state index contributed by atoms with van der Waals surface area (Å²) in [4.78, 5) is 16.1. The average molecular weight is 299 g/mol. The molecule has 1 aromatic heterocycles. The molecule has 1 amide bonds. The third-order valence-corrected chi connectivity index (χ3v) is 3.20. The smallest absolute Gasteiger partial charge is 0.252 e. The molecule has 1 heterocycles. The van der Waals surface area contributed by atoms with E-state index >= 15 is 0 Å². The SMILES string of the molecule is CCCCNC(=O)c1cncc(Nc2ccc(OC)cc2)c1. The minimum absolute atomic E-state index is 0.0978. The molecule has 0 spiro atoms. The predicted molar refractivity (Wildman–Crippen MR) is 87.8 cm³/mol. The van der Waals surface area contributed by atoms with Gasteiger partial charge in [0.2, 0.25) is 0 Å². The minimum Gasteiger partial charge on any atom is -0.497 e. The lowest BCUT2D eigenvalue weighted by molar-refractivity contribution is 0.0953. The Hall–Kier alpha value is -2.56. The van der Waals surface area contributed by atoms with E-state index in [0.29, 0.717) is 12.1 Å². The van der Waals surface area contributed by atoms with E-state index in [2.05, 4.69) is 22.5 Å². The number of carbonyl (C=O) groups is 1. The van der Waals surface area contributed by atoms with Crippen LogP contribution < -0.4 is 15.4 Å². The molecule has 2 aromatic rings. The number of pyridine rings is 1. The van der Waals surface area contributed by atoms with Crippen molar-refractivity contribution in [3.63, 3.8) is 0 Å². The maximum absolute atomic E-state index is 12.0.